The topological polar surface area (TPSA) is 32.8 Å². The summed E-state index contributed by atoms with van der Waals surface area (Å²) >= 11 is 5.92. The number of carbonyl (C=O) groups is 1. The number of piperazine rings is 1. The van der Waals surface area contributed by atoms with Crippen LogP contribution in [-0.2, 0) is 4.79 Å². The van der Waals surface area contributed by atoms with Gasteiger partial charge in [0.2, 0.25) is 5.91 Å². The molecule has 0 bridgehead atoms. The van der Waals surface area contributed by atoms with Crippen LogP contribution in [0.15, 0.2) is 12.1 Å². The van der Waals surface area contributed by atoms with Gasteiger partial charge in [0, 0.05) is 38.2 Å². The molecule has 1 fully saturated rings. The molecule has 0 aromatic heterocycles. The number of carbonyl (C=O) groups excluding carboxylic acids is 1. The van der Waals surface area contributed by atoms with E-state index in [0.717, 1.165) is 0 Å². The first-order valence-electron chi connectivity index (χ1n) is 7.05. The van der Waals surface area contributed by atoms with E-state index in [1.807, 2.05) is 23.6 Å². The van der Waals surface area contributed by atoms with Gasteiger partial charge in [0.05, 0.1) is 17.8 Å². The molecule has 1 amide bonds. The number of halogens is 2. The first-order chi connectivity index (χ1) is 9.97. The van der Waals surface area contributed by atoms with Crippen LogP contribution in [0.5, 0.6) is 5.75 Å². The van der Waals surface area contributed by atoms with Crippen LogP contribution in [-0.4, -0.2) is 43.6 Å². The molecule has 116 valence electrons. The van der Waals surface area contributed by atoms with Crippen LogP contribution >= 0.6 is 11.6 Å². The SMILES string of the molecule is CCC(=O)N1CCN(c2cc(OC)c(Cl)cc2F)CC1C. The molecule has 1 heterocycles. The normalized spacial score (nSPS) is 18.8. The van der Waals surface area contributed by atoms with Gasteiger partial charge in [-0.1, -0.05) is 18.5 Å². The summed E-state index contributed by atoms with van der Waals surface area (Å²) in [6.07, 6.45) is 0.494. The number of nitrogens with zero attached hydrogens (tertiary/aromatic N) is 2. The molecule has 0 saturated carbocycles. The highest BCUT2D eigenvalue weighted by molar-refractivity contribution is 6.32. The zero-order valence-corrected chi connectivity index (χ0v) is 13.3. The fourth-order valence-electron chi connectivity index (χ4n) is 2.67. The molecule has 2 rings (SSSR count). The Labute approximate surface area is 129 Å². The predicted octanol–water partition coefficient (Wildman–Crippen LogP) is 2.93. The van der Waals surface area contributed by atoms with E-state index >= 15 is 0 Å². The van der Waals surface area contributed by atoms with E-state index in [-0.39, 0.29) is 22.8 Å². The van der Waals surface area contributed by atoms with Gasteiger partial charge in [0.15, 0.2) is 0 Å². The second-order valence-corrected chi connectivity index (χ2v) is 5.58. The molecular formula is C15H20ClFN2O2. The standard InChI is InChI=1S/C15H20ClFN2O2/c1-4-15(20)19-6-5-18(9-10(19)2)13-8-14(21-3)11(16)7-12(13)17/h7-8,10H,4-6,9H2,1-3H3. The molecule has 1 saturated heterocycles. The van der Waals surface area contributed by atoms with Gasteiger partial charge in [0.25, 0.3) is 0 Å². The highest BCUT2D eigenvalue weighted by atomic mass is 35.5. The maximum absolute atomic E-state index is 14.1. The van der Waals surface area contributed by atoms with Crippen molar-refractivity contribution in [3.05, 3.63) is 23.0 Å². The number of methoxy groups -OCH3 is 1. The molecule has 1 aliphatic rings. The Morgan fingerprint density at radius 2 is 2.19 bits per heavy atom. The van der Waals surface area contributed by atoms with E-state index in [0.29, 0.717) is 37.5 Å². The average Bonchev–Trinajstić information content (AvgIpc) is 2.46. The highest BCUT2D eigenvalue weighted by Gasteiger charge is 2.28. The van der Waals surface area contributed by atoms with Crippen LogP contribution in [0, 0.1) is 5.82 Å². The van der Waals surface area contributed by atoms with Crippen molar-refractivity contribution in [1.82, 2.24) is 4.90 Å². The number of rotatable bonds is 3. The van der Waals surface area contributed by atoms with E-state index in [4.69, 9.17) is 16.3 Å². The summed E-state index contributed by atoms with van der Waals surface area (Å²) in [5.74, 6) is 0.215. The fourth-order valence-corrected chi connectivity index (χ4v) is 2.89. The Kier molecular flexibility index (Phi) is 4.93. The summed E-state index contributed by atoms with van der Waals surface area (Å²) in [6.45, 7) is 5.61. The van der Waals surface area contributed by atoms with Gasteiger partial charge in [-0.15, -0.1) is 0 Å². The van der Waals surface area contributed by atoms with Crippen molar-refractivity contribution in [2.75, 3.05) is 31.6 Å². The number of amides is 1. The summed E-state index contributed by atoms with van der Waals surface area (Å²) in [5.41, 5.74) is 0.465. The Bertz CT molecular complexity index is 539. The van der Waals surface area contributed by atoms with Crippen LogP contribution < -0.4 is 9.64 Å². The Balaban J connectivity index is 2.20. The molecule has 0 radical (unpaired) electrons. The summed E-state index contributed by atoms with van der Waals surface area (Å²) in [4.78, 5) is 15.6. The minimum atomic E-state index is -0.372. The monoisotopic (exact) mass is 314 g/mol. The molecule has 1 aromatic rings. The Morgan fingerprint density at radius 3 is 2.76 bits per heavy atom. The molecule has 1 aliphatic heterocycles. The minimum absolute atomic E-state index is 0.0484. The molecule has 0 aliphatic carbocycles. The molecule has 1 atom stereocenters. The summed E-state index contributed by atoms with van der Waals surface area (Å²) < 4.78 is 19.3. The molecule has 0 N–H and O–H groups in total. The lowest BCUT2D eigenvalue weighted by Gasteiger charge is -2.41. The summed E-state index contributed by atoms with van der Waals surface area (Å²) in [5, 5.41) is 0.256. The zero-order chi connectivity index (χ0) is 15.6. The fraction of sp³-hybridized carbons (Fsp3) is 0.533. The Morgan fingerprint density at radius 1 is 1.48 bits per heavy atom. The first-order valence-corrected chi connectivity index (χ1v) is 7.43. The van der Waals surface area contributed by atoms with E-state index in [2.05, 4.69) is 0 Å². The molecule has 1 unspecified atom stereocenters. The lowest BCUT2D eigenvalue weighted by atomic mass is 10.1. The number of ether oxygens (including phenoxy) is 1. The molecule has 21 heavy (non-hydrogen) atoms. The van der Waals surface area contributed by atoms with Crippen molar-refractivity contribution < 1.29 is 13.9 Å². The smallest absolute Gasteiger partial charge is 0.222 e. The van der Waals surface area contributed by atoms with Crippen molar-refractivity contribution in [3.8, 4) is 5.75 Å². The van der Waals surface area contributed by atoms with Crippen LogP contribution in [0.1, 0.15) is 20.3 Å². The van der Waals surface area contributed by atoms with Crippen molar-refractivity contribution in [2.45, 2.75) is 26.3 Å². The molecule has 6 heteroatoms. The third-order valence-corrected chi connectivity index (χ3v) is 4.11. The van der Waals surface area contributed by atoms with E-state index < -0.39 is 0 Å². The molecular weight excluding hydrogens is 295 g/mol. The second-order valence-electron chi connectivity index (χ2n) is 5.17. The van der Waals surface area contributed by atoms with Gasteiger partial charge < -0.3 is 14.5 Å². The third-order valence-electron chi connectivity index (χ3n) is 3.81. The highest BCUT2D eigenvalue weighted by Crippen LogP contribution is 2.33. The maximum Gasteiger partial charge on any atom is 0.222 e. The quantitative estimate of drug-likeness (QED) is 0.860. The lowest BCUT2D eigenvalue weighted by molar-refractivity contribution is -0.133. The van der Waals surface area contributed by atoms with E-state index in [9.17, 15) is 9.18 Å². The number of benzene rings is 1. The number of anilines is 1. The van der Waals surface area contributed by atoms with E-state index in [1.54, 1.807) is 6.07 Å². The summed E-state index contributed by atoms with van der Waals surface area (Å²) in [7, 11) is 1.50. The zero-order valence-electron chi connectivity index (χ0n) is 12.5. The van der Waals surface area contributed by atoms with Gasteiger partial charge in [-0.3, -0.25) is 4.79 Å². The van der Waals surface area contributed by atoms with E-state index in [1.165, 1.54) is 13.2 Å². The van der Waals surface area contributed by atoms with Crippen LogP contribution in [0.2, 0.25) is 5.02 Å². The number of hydrogen-bond donors (Lipinski definition) is 0. The molecule has 4 nitrogen and oxygen atoms in total. The van der Waals surface area contributed by atoms with Crippen LogP contribution in [0.3, 0.4) is 0 Å². The second kappa shape index (κ2) is 6.52. The van der Waals surface area contributed by atoms with Crippen molar-refractivity contribution >= 4 is 23.2 Å². The van der Waals surface area contributed by atoms with Crippen molar-refractivity contribution in [3.63, 3.8) is 0 Å². The summed E-state index contributed by atoms with van der Waals surface area (Å²) in [6, 6.07) is 2.93. The maximum atomic E-state index is 14.1. The lowest BCUT2D eigenvalue weighted by Crippen LogP contribution is -2.54. The predicted molar refractivity (Wildman–Crippen MR) is 81.6 cm³/mol. The van der Waals surface area contributed by atoms with Crippen molar-refractivity contribution in [1.29, 1.82) is 0 Å². The van der Waals surface area contributed by atoms with Crippen molar-refractivity contribution in [2.24, 2.45) is 0 Å². The van der Waals surface area contributed by atoms with Gasteiger partial charge in [-0.05, 0) is 13.0 Å². The van der Waals surface area contributed by atoms with Gasteiger partial charge >= 0.3 is 0 Å². The van der Waals surface area contributed by atoms with Gasteiger partial charge in [-0.25, -0.2) is 4.39 Å². The average molecular weight is 315 g/mol. The van der Waals surface area contributed by atoms with Crippen LogP contribution in [0.4, 0.5) is 10.1 Å². The van der Waals surface area contributed by atoms with Crippen LogP contribution in [0.25, 0.3) is 0 Å². The molecule has 1 aromatic carbocycles. The van der Waals surface area contributed by atoms with Gasteiger partial charge in [-0.2, -0.15) is 0 Å². The number of hydrogen-bond acceptors (Lipinski definition) is 3. The minimum Gasteiger partial charge on any atom is -0.495 e. The first kappa shape index (κ1) is 15.9. The van der Waals surface area contributed by atoms with Gasteiger partial charge in [0.1, 0.15) is 11.6 Å². The third kappa shape index (κ3) is 3.23. The Hall–Kier alpha value is -1.49. The largest absolute Gasteiger partial charge is 0.495 e. The molecule has 0 spiro atoms.